The van der Waals surface area contributed by atoms with E-state index in [1.807, 2.05) is 19.1 Å². The van der Waals surface area contributed by atoms with E-state index >= 15 is 0 Å². The normalized spacial score (nSPS) is 11.5. The summed E-state index contributed by atoms with van der Waals surface area (Å²) < 4.78 is 5.52. The van der Waals surface area contributed by atoms with Gasteiger partial charge in [0.2, 0.25) is 0 Å². The van der Waals surface area contributed by atoms with Crippen molar-refractivity contribution >= 4 is 33.4 Å². The number of carbonyl (C=O) groups is 1. The Labute approximate surface area is 225 Å². The molecule has 0 atom stereocenters. The molecule has 0 unspecified atom stereocenters. The van der Waals surface area contributed by atoms with Crippen LogP contribution in [0.4, 0.5) is 0 Å². The number of hydrogen-bond acceptors (Lipinski definition) is 5. The van der Waals surface area contributed by atoms with Crippen LogP contribution in [0.5, 0.6) is 11.5 Å². The summed E-state index contributed by atoms with van der Waals surface area (Å²) in [6.07, 6.45) is 12.7. The molecule has 0 bridgehead atoms. The van der Waals surface area contributed by atoms with Crippen molar-refractivity contribution in [3.8, 4) is 17.2 Å². The van der Waals surface area contributed by atoms with Gasteiger partial charge in [-0.15, -0.1) is 15.0 Å². The highest BCUT2D eigenvalue weighted by molar-refractivity contribution is 8.12. The third-order valence-electron chi connectivity index (χ3n) is 5.83. The molecule has 3 aromatic rings. The Bertz CT molecular complexity index is 1190. The fraction of sp³-hybridized carbons (Fsp3) is 0.533. The molecule has 0 radical (unpaired) electrons. The van der Waals surface area contributed by atoms with Crippen molar-refractivity contribution < 1.29 is 14.6 Å². The molecule has 7 heteroatoms. The molecule has 1 heterocycles. The van der Waals surface area contributed by atoms with Gasteiger partial charge in [-0.1, -0.05) is 78.2 Å². The average molecular weight is 528 g/mol. The first-order valence-electron chi connectivity index (χ1n) is 13.2. The third-order valence-corrected chi connectivity index (χ3v) is 5.83. The SMILES string of the molecule is C=S(C)C.CCCCCCCCCC(=O)Oc1ccc2nn(-c3cc(C)cc(C(C)(C)C)c3O)nc2c1. The van der Waals surface area contributed by atoms with Gasteiger partial charge in [-0.05, 0) is 55.0 Å². The van der Waals surface area contributed by atoms with E-state index in [1.165, 1.54) is 36.9 Å². The predicted molar refractivity (Wildman–Crippen MR) is 159 cm³/mol. The molecule has 1 N–H and O–H groups in total. The maximum atomic E-state index is 12.2. The van der Waals surface area contributed by atoms with Crippen molar-refractivity contribution in [2.24, 2.45) is 0 Å². The topological polar surface area (TPSA) is 77.2 Å². The molecule has 0 saturated carbocycles. The molecular formula is C30H45N3O3S. The van der Waals surface area contributed by atoms with Gasteiger partial charge in [0, 0.05) is 18.1 Å². The number of phenols is 1. The zero-order chi connectivity index (χ0) is 27.6. The fourth-order valence-electron chi connectivity index (χ4n) is 3.96. The molecule has 2 aromatic carbocycles. The lowest BCUT2D eigenvalue weighted by Crippen LogP contribution is -2.13. The van der Waals surface area contributed by atoms with E-state index in [1.54, 1.807) is 18.2 Å². The van der Waals surface area contributed by atoms with Crippen LogP contribution < -0.4 is 4.74 Å². The van der Waals surface area contributed by atoms with Crippen LogP contribution in [0.2, 0.25) is 0 Å². The Morgan fingerprint density at radius 2 is 1.59 bits per heavy atom. The summed E-state index contributed by atoms with van der Waals surface area (Å²) >= 11 is 0. The van der Waals surface area contributed by atoms with Crippen molar-refractivity contribution in [1.29, 1.82) is 0 Å². The minimum atomic E-state index is -0.221. The molecule has 3 rings (SSSR count). The minimum Gasteiger partial charge on any atom is -0.505 e. The van der Waals surface area contributed by atoms with Crippen LogP contribution in [0.15, 0.2) is 30.3 Å². The van der Waals surface area contributed by atoms with Crippen LogP contribution in [0, 0.1) is 6.92 Å². The molecule has 0 amide bonds. The number of unbranched alkanes of at least 4 members (excludes halogenated alkanes) is 6. The molecule has 0 aliphatic carbocycles. The average Bonchev–Trinajstić information content (AvgIpc) is 3.22. The Balaban J connectivity index is 0.00000112. The van der Waals surface area contributed by atoms with Crippen LogP contribution in [0.25, 0.3) is 16.7 Å². The van der Waals surface area contributed by atoms with Gasteiger partial charge in [-0.2, -0.15) is 10.5 Å². The van der Waals surface area contributed by atoms with Crippen molar-refractivity contribution in [1.82, 2.24) is 15.0 Å². The van der Waals surface area contributed by atoms with Crippen molar-refractivity contribution in [3.05, 3.63) is 41.5 Å². The second kappa shape index (κ2) is 14.3. The van der Waals surface area contributed by atoms with Crippen LogP contribution in [0.3, 0.4) is 0 Å². The van der Waals surface area contributed by atoms with Crippen LogP contribution >= 0.6 is 10.5 Å². The zero-order valence-corrected chi connectivity index (χ0v) is 24.6. The monoisotopic (exact) mass is 527 g/mol. The number of ether oxygens (including phenoxy) is 1. The highest BCUT2D eigenvalue weighted by Gasteiger charge is 2.22. The number of hydrogen-bond donors (Lipinski definition) is 1. The van der Waals surface area contributed by atoms with Gasteiger partial charge in [0.05, 0.1) is 0 Å². The number of fused-ring (bicyclic) bond motifs is 1. The Morgan fingerprint density at radius 3 is 2.22 bits per heavy atom. The summed E-state index contributed by atoms with van der Waals surface area (Å²) in [6.45, 7) is 10.4. The van der Waals surface area contributed by atoms with Gasteiger partial charge in [0.1, 0.15) is 28.2 Å². The first-order valence-corrected chi connectivity index (χ1v) is 15.4. The van der Waals surface area contributed by atoms with Gasteiger partial charge < -0.3 is 9.84 Å². The zero-order valence-electron chi connectivity index (χ0n) is 23.8. The summed E-state index contributed by atoms with van der Waals surface area (Å²) in [6, 6.07) is 9.10. The number of phenolic OH excluding ortho intramolecular Hbond substituents is 1. The molecule has 204 valence electrons. The molecular weight excluding hydrogens is 482 g/mol. The van der Waals surface area contributed by atoms with E-state index in [0.717, 1.165) is 24.0 Å². The summed E-state index contributed by atoms with van der Waals surface area (Å²) in [5, 5.41) is 20.0. The summed E-state index contributed by atoms with van der Waals surface area (Å²) in [7, 11) is 0.389. The Kier molecular flexibility index (Phi) is 11.8. The van der Waals surface area contributed by atoms with Gasteiger partial charge in [0.25, 0.3) is 0 Å². The quantitative estimate of drug-likeness (QED) is 0.126. The number of rotatable bonds is 10. The number of nitrogens with zero attached hydrogens (tertiary/aromatic N) is 3. The molecule has 0 fully saturated rings. The summed E-state index contributed by atoms with van der Waals surface area (Å²) in [4.78, 5) is 13.7. The minimum absolute atomic E-state index is 0.176. The molecule has 1 aromatic heterocycles. The number of aryl methyl sites for hydroxylation is 1. The molecule has 0 aliphatic heterocycles. The van der Waals surface area contributed by atoms with Gasteiger partial charge in [0.15, 0.2) is 0 Å². The number of carbonyl (C=O) groups excluding carboxylic acids is 1. The standard InChI is InChI=1S/C27H37N3O3.C3H8S/c1-6-7-8-9-10-11-12-13-25(31)33-20-14-15-22-23(18-20)29-30(28-22)24-17-19(2)16-21(26(24)32)27(3,4)5;1-4(2)3/h14-18,32H,6-13H2,1-5H3;1H2,2-3H3. The van der Waals surface area contributed by atoms with Crippen LogP contribution in [-0.4, -0.2) is 44.5 Å². The maximum absolute atomic E-state index is 12.2. The fourth-order valence-corrected chi connectivity index (χ4v) is 3.96. The second-order valence-corrected chi connectivity index (χ2v) is 12.9. The number of aromatic hydroxyl groups is 1. The summed E-state index contributed by atoms with van der Waals surface area (Å²) in [5.41, 5.74) is 3.46. The van der Waals surface area contributed by atoms with Gasteiger partial charge >= 0.3 is 5.97 Å². The van der Waals surface area contributed by atoms with E-state index in [0.29, 0.717) is 39.4 Å². The van der Waals surface area contributed by atoms with Crippen molar-refractivity contribution in [2.75, 3.05) is 12.5 Å². The van der Waals surface area contributed by atoms with E-state index < -0.39 is 0 Å². The third kappa shape index (κ3) is 9.95. The lowest BCUT2D eigenvalue weighted by atomic mass is 9.85. The number of benzene rings is 2. The lowest BCUT2D eigenvalue weighted by Gasteiger charge is -2.22. The second-order valence-electron chi connectivity index (χ2n) is 10.9. The van der Waals surface area contributed by atoms with Crippen LogP contribution in [-0.2, 0) is 10.2 Å². The largest absolute Gasteiger partial charge is 0.505 e. The Hall–Kier alpha value is -2.67. The molecule has 0 aliphatic rings. The van der Waals surface area contributed by atoms with E-state index in [4.69, 9.17) is 4.74 Å². The molecule has 6 nitrogen and oxygen atoms in total. The smallest absolute Gasteiger partial charge is 0.311 e. The van der Waals surface area contributed by atoms with Crippen LogP contribution in [0.1, 0.15) is 90.2 Å². The number of aromatic nitrogens is 3. The molecule has 0 spiro atoms. The van der Waals surface area contributed by atoms with Gasteiger partial charge in [-0.3, -0.25) is 4.79 Å². The lowest BCUT2D eigenvalue weighted by molar-refractivity contribution is -0.134. The molecule has 0 saturated heterocycles. The van der Waals surface area contributed by atoms with Crippen molar-refractivity contribution in [3.63, 3.8) is 0 Å². The summed E-state index contributed by atoms with van der Waals surface area (Å²) in [5.74, 6) is 4.09. The van der Waals surface area contributed by atoms with E-state index in [2.05, 4.69) is 56.3 Å². The van der Waals surface area contributed by atoms with Crippen molar-refractivity contribution in [2.45, 2.75) is 91.4 Å². The first kappa shape index (κ1) is 30.6. The highest BCUT2D eigenvalue weighted by Crippen LogP contribution is 2.36. The predicted octanol–water partition coefficient (Wildman–Crippen LogP) is 7.73. The number of esters is 1. The van der Waals surface area contributed by atoms with E-state index in [-0.39, 0.29) is 17.1 Å². The van der Waals surface area contributed by atoms with Gasteiger partial charge in [-0.25, -0.2) is 0 Å². The highest BCUT2D eigenvalue weighted by atomic mass is 32.2. The van der Waals surface area contributed by atoms with E-state index in [9.17, 15) is 9.90 Å². The molecule has 37 heavy (non-hydrogen) atoms. The first-order chi connectivity index (χ1) is 17.4. The Morgan fingerprint density at radius 1 is 1.00 bits per heavy atom. The maximum Gasteiger partial charge on any atom is 0.311 e.